The fourth-order valence-electron chi connectivity index (χ4n) is 4.95. The fraction of sp³-hybridized carbons (Fsp3) is 1.00. The Morgan fingerprint density at radius 1 is 0.789 bits per heavy atom. The van der Waals surface area contributed by atoms with E-state index in [9.17, 15) is 0 Å². The Morgan fingerprint density at radius 2 is 1.47 bits per heavy atom. The first-order valence-electron chi connectivity index (χ1n) is 8.72. The Kier molecular flexibility index (Phi) is 4.48. The van der Waals surface area contributed by atoms with E-state index in [1.807, 2.05) is 0 Å². The zero-order valence-corrected chi connectivity index (χ0v) is 12.8. The molecule has 0 amide bonds. The molecular formula is C17H32N2. The average molecular weight is 264 g/mol. The molecule has 19 heavy (non-hydrogen) atoms. The van der Waals surface area contributed by atoms with Crippen LogP contribution in [0, 0.1) is 5.41 Å². The van der Waals surface area contributed by atoms with E-state index >= 15 is 0 Å². The summed E-state index contributed by atoms with van der Waals surface area (Å²) < 4.78 is 0. The van der Waals surface area contributed by atoms with Gasteiger partial charge in [-0.1, -0.05) is 12.8 Å². The Bertz CT molecular complexity index is 265. The highest BCUT2D eigenvalue weighted by Gasteiger charge is 2.39. The van der Waals surface area contributed by atoms with Gasteiger partial charge in [-0.25, -0.2) is 0 Å². The Hall–Kier alpha value is -0.0800. The normalized spacial score (nSPS) is 32.8. The largest absolute Gasteiger partial charge is 0.317 e. The van der Waals surface area contributed by atoms with Gasteiger partial charge in [0.2, 0.25) is 0 Å². The van der Waals surface area contributed by atoms with Crippen molar-refractivity contribution >= 4 is 0 Å². The zero-order valence-electron chi connectivity index (χ0n) is 12.8. The van der Waals surface area contributed by atoms with Crippen molar-refractivity contribution in [2.75, 3.05) is 20.1 Å². The quantitative estimate of drug-likeness (QED) is 0.820. The molecule has 0 radical (unpaired) electrons. The van der Waals surface area contributed by atoms with Crippen molar-refractivity contribution in [3.8, 4) is 0 Å². The highest BCUT2D eigenvalue weighted by atomic mass is 15.2. The molecule has 1 aliphatic heterocycles. The van der Waals surface area contributed by atoms with Crippen LogP contribution in [0.4, 0.5) is 0 Å². The van der Waals surface area contributed by atoms with Gasteiger partial charge < -0.3 is 10.2 Å². The van der Waals surface area contributed by atoms with E-state index in [4.69, 9.17) is 0 Å². The summed E-state index contributed by atoms with van der Waals surface area (Å²) in [5, 5.41) is 3.55. The van der Waals surface area contributed by atoms with Gasteiger partial charge in [0.1, 0.15) is 0 Å². The van der Waals surface area contributed by atoms with Crippen LogP contribution in [0.25, 0.3) is 0 Å². The van der Waals surface area contributed by atoms with E-state index in [2.05, 4.69) is 17.3 Å². The van der Waals surface area contributed by atoms with Crippen LogP contribution in [0.15, 0.2) is 0 Å². The predicted molar refractivity (Wildman–Crippen MR) is 81.4 cm³/mol. The maximum absolute atomic E-state index is 3.55. The lowest BCUT2D eigenvalue weighted by molar-refractivity contribution is 0.0763. The van der Waals surface area contributed by atoms with Crippen molar-refractivity contribution in [3.05, 3.63) is 0 Å². The number of hydrogen-bond acceptors (Lipinski definition) is 2. The summed E-state index contributed by atoms with van der Waals surface area (Å²) in [5.74, 6) is 0. The predicted octanol–water partition coefficient (Wildman–Crippen LogP) is 3.56. The highest BCUT2D eigenvalue weighted by Crippen LogP contribution is 2.49. The van der Waals surface area contributed by atoms with E-state index in [-0.39, 0.29) is 0 Å². The minimum atomic E-state index is 0.794. The molecule has 1 N–H and O–H groups in total. The third-order valence-corrected chi connectivity index (χ3v) is 6.38. The van der Waals surface area contributed by atoms with Gasteiger partial charge >= 0.3 is 0 Å². The molecule has 0 aromatic heterocycles. The van der Waals surface area contributed by atoms with Gasteiger partial charge in [-0.05, 0) is 83.3 Å². The lowest BCUT2D eigenvalue weighted by Crippen LogP contribution is -2.44. The second-order valence-electron chi connectivity index (χ2n) is 7.44. The second-order valence-corrected chi connectivity index (χ2v) is 7.44. The molecule has 0 aromatic carbocycles. The van der Waals surface area contributed by atoms with Crippen molar-refractivity contribution in [2.24, 2.45) is 5.41 Å². The van der Waals surface area contributed by atoms with Crippen LogP contribution in [-0.2, 0) is 0 Å². The summed E-state index contributed by atoms with van der Waals surface area (Å²) in [6, 6.07) is 1.73. The van der Waals surface area contributed by atoms with Gasteiger partial charge in [0, 0.05) is 12.1 Å². The molecule has 3 aliphatic rings. The molecule has 2 saturated carbocycles. The van der Waals surface area contributed by atoms with E-state index in [0.29, 0.717) is 0 Å². The smallest absolute Gasteiger partial charge is 0.0108 e. The van der Waals surface area contributed by atoms with Crippen molar-refractivity contribution in [1.82, 2.24) is 10.2 Å². The average Bonchev–Trinajstić information content (AvgIpc) is 2.73. The van der Waals surface area contributed by atoms with E-state index in [1.165, 1.54) is 83.7 Å². The first-order valence-corrected chi connectivity index (χ1v) is 8.72. The Balaban J connectivity index is 1.52. The number of nitrogens with one attached hydrogen (secondary N) is 1. The summed E-state index contributed by atoms with van der Waals surface area (Å²) in [7, 11) is 2.41. The second kappa shape index (κ2) is 6.13. The molecular weight excluding hydrogens is 232 g/mol. The summed E-state index contributed by atoms with van der Waals surface area (Å²) in [4.78, 5) is 2.76. The van der Waals surface area contributed by atoms with Crippen LogP contribution >= 0.6 is 0 Å². The lowest BCUT2D eigenvalue weighted by atomic mass is 9.71. The van der Waals surface area contributed by atoms with Crippen LogP contribution in [0.2, 0.25) is 0 Å². The molecule has 1 heterocycles. The number of hydrogen-bond donors (Lipinski definition) is 1. The van der Waals surface area contributed by atoms with Crippen LogP contribution in [-0.4, -0.2) is 37.1 Å². The van der Waals surface area contributed by atoms with Gasteiger partial charge in [0.25, 0.3) is 0 Å². The zero-order chi connectivity index (χ0) is 13.1. The molecule has 2 nitrogen and oxygen atoms in total. The minimum Gasteiger partial charge on any atom is -0.317 e. The highest BCUT2D eigenvalue weighted by molar-refractivity contribution is 4.92. The van der Waals surface area contributed by atoms with E-state index in [1.54, 1.807) is 0 Å². The molecule has 0 bridgehead atoms. The van der Waals surface area contributed by atoms with Crippen LogP contribution in [0.1, 0.15) is 70.6 Å². The third kappa shape index (κ3) is 3.16. The van der Waals surface area contributed by atoms with Crippen molar-refractivity contribution < 1.29 is 0 Å². The molecule has 1 spiro atoms. The van der Waals surface area contributed by atoms with Gasteiger partial charge in [-0.2, -0.15) is 0 Å². The minimum absolute atomic E-state index is 0.794. The Labute approximate surface area is 119 Å². The van der Waals surface area contributed by atoms with Crippen molar-refractivity contribution in [2.45, 2.75) is 82.7 Å². The summed E-state index contributed by atoms with van der Waals surface area (Å²) in [5.41, 5.74) is 0.794. The molecule has 0 aromatic rings. The maximum atomic E-state index is 3.55. The first kappa shape index (κ1) is 13.9. The molecule has 1 atom stereocenters. The van der Waals surface area contributed by atoms with Gasteiger partial charge in [0.05, 0.1) is 0 Å². The summed E-state index contributed by atoms with van der Waals surface area (Å²) >= 11 is 0. The van der Waals surface area contributed by atoms with Gasteiger partial charge in [-0.3, -0.25) is 0 Å². The SMILES string of the molecule is CN(C1CCCNCC1)C1CCC2(CCCC2)CC1. The van der Waals surface area contributed by atoms with Crippen molar-refractivity contribution in [1.29, 1.82) is 0 Å². The van der Waals surface area contributed by atoms with E-state index in [0.717, 1.165) is 17.5 Å². The van der Waals surface area contributed by atoms with Crippen LogP contribution < -0.4 is 5.32 Å². The molecule has 1 unspecified atom stereocenters. The molecule has 1 saturated heterocycles. The maximum Gasteiger partial charge on any atom is 0.0108 e. The molecule has 2 aliphatic carbocycles. The molecule has 2 heteroatoms. The number of nitrogens with zero attached hydrogens (tertiary/aromatic N) is 1. The van der Waals surface area contributed by atoms with Crippen LogP contribution in [0.5, 0.6) is 0 Å². The topological polar surface area (TPSA) is 15.3 Å². The summed E-state index contributed by atoms with van der Waals surface area (Å²) in [6.07, 6.45) is 16.2. The monoisotopic (exact) mass is 264 g/mol. The lowest BCUT2D eigenvalue weighted by Gasteiger charge is -2.43. The fourth-order valence-corrected chi connectivity index (χ4v) is 4.95. The standard InChI is InChI=1S/C17H32N2/c1-19(15-5-4-13-18-14-8-15)16-6-11-17(12-7-16)9-2-3-10-17/h15-16,18H,2-14H2,1H3. The summed E-state index contributed by atoms with van der Waals surface area (Å²) in [6.45, 7) is 2.46. The molecule has 3 rings (SSSR count). The third-order valence-electron chi connectivity index (χ3n) is 6.38. The van der Waals surface area contributed by atoms with Gasteiger partial charge in [-0.15, -0.1) is 0 Å². The van der Waals surface area contributed by atoms with Gasteiger partial charge in [0.15, 0.2) is 0 Å². The Morgan fingerprint density at radius 3 is 2.21 bits per heavy atom. The first-order chi connectivity index (χ1) is 9.29. The van der Waals surface area contributed by atoms with E-state index < -0.39 is 0 Å². The van der Waals surface area contributed by atoms with Crippen LogP contribution in [0.3, 0.4) is 0 Å². The molecule has 3 fully saturated rings. The molecule has 110 valence electrons. The van der Waals surface area contributed by atoms with Crippen molar-refractivity contribution in [3.63, 3.8) is 0 Å². The number of rotatable bonds is 2.